The van der Waals surface area contributed by atoms with Gasteiger partial charge < -0.3 is 0 Å². The van der Waals surface area contributed by atoms with Crippen LogP contribution in [0, 0.1) is 0 Å². The number of aromatic nitrogens is 9. The van der Waals surface area contributed by atoms with E-state index < -0.39 is 0 Å². The molecule has 9 nitrogen and oxygen atoms in total. The SMILES string of the molecule is c1cc(Cc2cccc3n[nH]nc23)c2n[nH]nc2c1.c1ccc2n[nH]nc2c1. The number of H-pyrrole nitrogens is 3. The van der Waals surface area contributed by atoms with Crippen LogP contribution in [-0.4, -0.2) is 46.2 Å². The molecule has 0 saturated carbocycles. The quantitative estimate of drug-likeness (QED) is 0.431. The first-order valence-electron chi connectivity index (χ1n) is 8.71. The molecule has 3 aromatic heterocycles. The average Bonchev–Trinajstić information content (AvgIpc) is 3.48. The Kier molecular flexibility index (Phi) is 3.94. The highest BCUT2D eigenvalue weighted by atomic mass is 15.3. The fourth-order valence-electron chi connectivity index (χ4n) is 3.13. The van der Waals surface area contributed by atoms with Gasteiger partial charge in [0.25, 0.3) is 0 Å². The van der Waals surface area contributed by atoms with Crippen molar-refractivity contribution in [2.24, 2.45) is 0 Å². The molecule has 3 N–H and O–H groups in total. The lowest BCUT2D eigenvalue weighted by Gasteiger charge is -2.02. The first-order chi connectivity index (χ1) is 13.9. The summed E-state index contributed by atoms with van der Waals surface area (Å²) in [6.07, 6.45) is 0.758. The molecule has 0 bridgehead atoms. The van der Waals surface area contributed by atoms with Gasteiger partial charge in [-0.05, 0) is 35.4 Å². The molecule has 0 aliphatic heterocycles. The lowest BCUT2D eigenvalue weighted by molar-refractivity contribution is 0.954. The van der Waals surface area contributed by atoms with Gasteiger partial charge >= 0.3 is 0 Å². The van der Waals surface area contributed by atoms with Crippen LogP contribution in [-0.2, 0) is 6.42 Å². The number of aromatic amines is 3. The van der Waals surface area contributed by atoms with Crippen molar-refractivity contribution in [3.63, 3.8) is 0 Å². The summed E-state index contributed by atoms with van der Waals surface area (Å²) in [4.78, 5) is 0. The maximum atomic E-state index is 4.20. The van der Waals surface area contributed by atoms with Gasteiger partial charge in [-0.3, -0.25) is 0 Å². The molecule has 0 radical (unpaired) electrons. The molecule has 0 spiro atoms. The fraction of sp³-hybridized carbons (Fsp3) is 0.0526. The van der Waals surface area contributed by atoms with Crippen molar-refractivity contribution in [2.75, 3.05) is 0 Å². The summed E-state index contributed by atoms with van der Waals surface area (Å²) >= 11 is 0. The zero-order valence-electron chi connectivity index (χ0n) is 14.7. The monoisotopic (exact) mass is 369 g/mol. The normalized spacial score (nSPS) is 11.0. The number of rotatable bonds is 2. The predicted molar refractivity (Wildman–Crippen MR) is 104 cm³/mol. The van der Waals surface area contributed by atoms with Crippen molar-refractivity contribution in [2.45, 2.75) is 6.42 Å². The third kappa shape index (κ3) is 2.94. The van der Waals surface area contributed by atoms with E-state index in [1.807, 2.05) is 48.5 Å². The third-order valence-electron chi connectivity index (χ3n) is 4.46. The number of fused-ring (bicyclic) bond motifs is 3. The Balaban J connectivity index is 0.000000158. The van der Waals surface area contributed by atoms with Crippen LogP contribution in [0.4, 0.5) is 0 Å². The lowest BCUT2D eigenvalue weighted by atomic mass is 10.0. The molecular formula is C19H15N9. The average molecular weight is 369 g/mol. The Morgan fingerprint density at radius 1 is 0.464 bits per heavy atom. The van der Waals surface area contributed by atoms with Crippen molar-refractivity contribution in [3.05, 3.63) is 71.8 Å². The van der Waals surface area contributed by atoms with E-state index in [-0.39, 0.29) is 0 Å². The van der Waals surface area contributed by atoms with Crippen molar-refractivity contribution in [1.82, 2.24) is 46.2 Å². The molecule has 0 unspecified atom stereocenters. The largest absolute Gasteiger partial charge is 0.197 e. The van der Waals surface area contributed by atoms with Gasteiger partial charge in [-0.1, -0.05) is 36.4 Å². The highest BCUT2D eigenvalue weighted by molar-refractivity contribution is 5.81. The summed E-state index contributed by atoms with van der Waals surface area (Å²) in [6.45, 7) is 0. The Morgan fingerprint density at radius 3 is 1.43 bits per heavy atom. The number of hydrogen-bond donors (Lipinski definition) is 3. The van der Waals surface area contributed by atoms with Gasteiger partial charge in [0.2, 0.25) is 0 Å². The van der Waals surface area contributed by atoms with E-state index in [2.05, 4.69) is 58.4 Å². The number of nitrogens with zero attached hydrogens (tertiary/aromatic N) is 6. The first kappa shape index (κ1) is 16.1. The van der Waals surface area contributed by atoms with E-state index in [4.69, 9.17) is 0 Å². The maximum absolute atomic E-state index is 4.20. The Morgan fingerprint density at radius 2 is 0.893 bits per heavy atom. The van der Waals surface area contributed by atoms with E-state index in [0.29, 0.717) is 0 Å². The minimum Gasteiger partial charge on any atom is -0.197 e. The van der Waals surface area contributed by atoms with Crippen LogP contribution in [0.3, 0.4) is 0 Å². The van der Waals surface area contributed by atoms with Gasteiger partial charge in [-0.2, -0.15) is 46.2 Å². The van der Waals surface area contributed by atoms with Crippen molar-refractivity contribution in [3.8, 4) is 0 Å². The fourth-order valence-corrected chi connectivity index (χ4v) is 3.13. The molecule has 3 heterocycles. The van der Waals surface area contributed by atoms with Crippen LogP contribution in [0.1, 0.15) is 11.1 Å². The van der Waals surface area contributed by atoms with Crippen LogP contribution in [0.2, 0.25) is 0 Å². The molecule has 3 aromatic carbocycles. The smallest absolute Gasteiger partial charge is 0.116 e. The van der Waals surface area contributed by atoms with Crippen LogP contribution >= 0.6 is 0 Å². The van der Waals surface area contributed by atoms with Crippen molar-refractivity contribution in [1.29, 1.82) is 0 Å². The zero-order chi connectivity index (χ0) is 18.8. The second-order valence-corrected chi connectivity index (χ2v) is 6.21. The van der Waals surface area contributed by atoms with E-state index in [1.54, 1.807) is 0 Å². The minimum atomic E-state index is 0.758. The Hall–Kier alpha value is -4.14. The molecule has 0 aliphatic carbocycles. The standard InChI is InChI=1S/C13H10N6.C6H5N3/c1-3-8(12-10(5-1)14-18-16-12)7-9-4-2-6-11-13(9)17-19-15-11;1-2-4-6-5(3-1)7-9-8-6/h1-6H,7H2,(H,14,16,18)(H,15,17,19);1-4H,(H,7,8,9). The first-order valence-corrected chi connectivity index (χ1v) is 8.71. The maximum Gasteiger partial charge on any atom is 0.116 e. The molecule has 0 fully saturated rings. The summed E-state index contributed by atoms with van der Waals surface area (Å²) in [5.74, 6) is 0. The Bertz CT molecular complexity index is 1260. The van der Waals surface area contributed by atoms with Crippen LogP contribution < -0.4 is 0 Å². The molecule has 136 valence electrons. The second-order valence-electron chi connectivity index (χ2n) is 6.21. The molecule has 0 aliphatic rings. The number of nitrogens with one attached hydrogen (secondary N) is 3. The summed E-state index contributed by atoms with van der Waals surface area (Å²) in [7, 11) is 0. The van der Waals surface area contributed by atoms with E-state index in [0.717, 1.165) is 50.6 Å². The number of benzene rings is 3. The number of para-hydroxylation sites is 4. The van der Waals surface area contributed by atoms with Gasteiger partial charge in [-0.15, -0.1) is 0 Å². The second kappa shape index (κ2) is 6.88. The predicted octanol–water partition coefficient (Wildman–Crippen LogP) is 2.78. The van der Waals surface area contributed by atoms with Crippen LogP contribution in [0.15, 0.2) is 60.7 Å². The summed E-state index contributed by atoms with van der Waals surface area (Å²) in [5.41, 5.74) is 7.65. The Labute approximate surface area is 158 Å². The molecule has 6 aromatic rings. The van der Waals surface area contributed by atoms with E-state index in [9.17, 15) is 0 Å². The zero-order valence-corrected chi connectivity index (χ0v) is 14.7. The van der Waals surface area contributed by atoms with Gasteiger partial charge in [-0.25, -0.2) is 0 Å². The van der Waals surface area contributed by atoms with Gasteiger partial charge in [0.1, 0.15) is 33.1 Å². The van der Waals surface area contributed by atoms with Gasteiger partial charge in [0.15, 0.2) is 0 Å². The summed E-state index contributed by atoms with van der Waals surface area (Å²) in [6, 6.07) is 19.7. The van der Waals surface area contributed by atoms with Crippen molar-refractivity contribution < 1.29 is 0 Å². The highest BCUT2D eigenvalue weighted by Gasteiger charge is 2.09. The minimum absolute atomic E-state index is 0.758. The molecule has 6 rings (SSSR count). The summed E-state index contributed by atoms with van der Waals surface area (Å²) < 4.78 is 0. The van der Waals surface area contributed by atoms with E-state index in [1.165, 1.54) is 0 Å². The van der Waals surface area contributed by atoms with Gasteiger partial charge in [0.05, 0.1) is 0 Å². The van der Waals surface area contributed by atoms with Gasteiger partial charge in [0, 0.05) is 6.42 Å². The molecular weight excluding hydrogens is 354 g/mol. The molecule has 28 heavy (non-hydrogen) atoms. The highest BCUT2D eigenvalue weighted by Crippen LogP contribution is 2.21. The molecule has 0 atom stereocenters. The van der Waals surface area contributed by atoms with Crippen LogP contribution in [0.5, 0.6) is 0 Å². The molecule has 0 amide bonds. The summed E-state index contributed by atoms with van der Waals surface area (Å²) in [5, 5.41) is 32.2. The topological polar surface area (TPSA) is 125 Å². The van der Waals surface area contributed by atoms with E-state index >= 15 is 0 Å². The number of hydrogen-bond acceptors (Lipinski definition) is 6. The lowest BCUT2D eigenvalue weighted by Crippen LogP contribution is -1.91. The molecule has 9 heteroatoms. The van der Waals surface area contributed by atoms with Crippen molar-refractivity contribution >= 4 is 33.1 Å². The van der Waals surface area contributed by atoms with Crippen LogP contribution in [0.25, 0.3) is 33.1 Å². The molecule has 0 saturated heterocycles. The third-order valence-corrected chi connectivity index (χ3v) is 4.46.